The summed E-state index contributed by atoms with van der Waals surface area (Å²) in [5.74, 6) is 1.30. The number of nitrogens with two attached hydrogens (primary N) is 1. The fraction of sp³-hybridized carbons (Fsp3) is 0.357. The summed E-state index contributed by atoms with van der Waals surface area (Å²) in [6.07, 6.45) is 1.71. The average molecular weight is 324 g/mol. The van der Waals surface area contributed by atoms with E-state index in [4.69, 9.17) is 10.5 Å². The number of nitrogens with zero attached hydrogens (tertiary/aromatic N) is 1. The molecular weight excluding hydrogens is 306 g/mol. The summed E-state index contributed by atoms with van der Waals surface area (Å²) < 4.78 is 6.39. The molecule has 102 valence electrons. The first-order valence-electron chi connectivity index (χ1n) is 6.02. The highest BCUT2D eigenvalue weighted by atomic mass is 79.9. The Bertz CT molecular complexity index is 599. The number of halogens is 1. The van der Waals surface area contributed by atoms with Crippen molar-refractivity contribution in [3.05, 3.63) is 28.4 Å². The molecule has 0 amide bonds. The van der Waals surface area contributed by atoms with Crippen LogP contribution in [0.1, 0.15) is 26.3 Å². The molecule has 0 aliphatic carbocycles. The second-order valence-electron chi connectivity index (χ2n) is 5.49. The van der Waals surface area contributed by atoms with E-state index in [2.05, 4.69) is 59.0 Å². The molecule has 2 rings (SSSR count). The number of nitrogens with one attached hydrogen (secondary N) is 1. The third-order valence-corrected chi connectivity index (χ3v) is 3.66. The van der Waals surface area contributed by atoms with Crippen molar-refractivity contribution < 1.29 is 4.74 Å². The standard InChI is InChI=1S/C14H18BrN3O/c1-14(2,3)8-5-9(10-7-17-18-13(10)16)12(19-4)11(15)6-8/h5-7H,1-4H3,(H3,16,17,18). The van der Waals surface area contributed by atoms with Crippen LogP contribution in [0.4, 0.5) is 5.82 Å². The van der Waals surface area contributed by atoms with Gasteiger partial charge in [0.2, 0.25) is 0 Å². The molecule has 0 unspecified atom stereocenters. The number of anilines is 1. The molecule has 5 heteroatoms. The molecule has 1 aromatic carbocycles. The zero-order valence-electron chi connectivity index (χ0n) is 11.5. The molecule has 0 saturated heterocycles. The van der Waals surface area contributed by atoms with Gasteiger partial charge in [-0.1, -0.05) is 20.8 Å². The zero-order valence-corrected chi connectivity index (χ0v) is 13.1. The summed E-state index contributed by atoms with van der Waals surface area (Å²) in [7, 11) is 1.65. The van der Waals surface area contributed by atoms with E-state index in [9.17, 15) is 0 Å². The highest BCUT2D eigenvalue weighted by Gasteiger charge is 2.20. The Kier molecular flexibility index (Phi) is 3.58. The van der Waals surface area contributed by atoms with E-state index in [0.29, 0.717) is 5.82 Å². The molecule has 2 aromatic rings. The summed E-state index contributed by atoms with van der Waals surface area (Å²) in [5, 5.41) is 6.73. The molecule has 0 radical (unpaired) electrons. The summed E-state index contributed by atoms with van der Waals surface area (Å²) in [6.45, 7) is 6.51. The van der Waals surface area contributed by atoms with Crippen LogP contribution in [0.15, 0.2) is 22.8 Å². The predicted octanol–water partition coefficient (Wildman–Crippen LogP) is 3.73. The number of methoxy groups -OCH3 is 1. The third-order valence-electron chi connectivity index (χ3n) is 3.07. The molecule has 0 spiro atoms. The van der Waals surface area contributed by atoms with Crippen molar-refractivity contribution in [2.45, 2.75) is 26.2 Å². The van der Waals surface area contributed by atoms with Crippen molar-refractivity contribution in [2.75, 3.05) is 12.8 Å². The maximum Gasteiger partial charge on any atom is 0.141 e. The fourth-order valence-electron chi connectivity index (χ4n) is 1.94. The van der Waals surface area contributed by atoms with Gasteiger partial charge in [0.1, 0.15) is 11.6 Å². The summed E-state index contributed by atoms with van der Waals surface area (Å²) in [6, 6.07) is 4.18. The third kappa shape index (κ3) is 2.61. The predicted molar refractivity (Wildman–Crippen MR) is 81.4 cm³/mol. The molecule has 0 aliphatic rings. The van der Waals surface area contributed by atoms with Gasteiger partial charge in [0.15, 0.2) is 0 Å². The van der Waals surface area contributed by atoms with Crippen LogP contribution in [0.3, 0.4) is 0 Å². The smallest absolute Gasteiger partial charge is 0.141 e. The Balaban J connectivity index is 2.71. The number of hydrogen-bond acceptors (Lipinski definition) is 3. The lowest BCUT2D eigenvalue weighted by Crippen LogP contribution is -2.11. The Labute approximate surface area is 121 Å². The summed E-state index contributed by atoms with van der Waals surface area (Å²) >= 11 is 3.56. The average Bonchev–Trinajstić information content (AvgIpc) is 2.73. The van der Waals surface area contributed by atoms with Gasteiger partial charge in [-0.15, -0.1) is 0 Å². The van der Waals surface area contributed by atoms with Gasteiger partial charge >= 0.3 is 0 Å². The van der Waals surface area contributed by atoms with E-state index >= 15 is 0 Å². The fourth-order valence-corrected chi connectivity index (χ4v) is 2.57. The lowest BCUT2D eigenvalue weighted by atomic mass is 9.85. The summed E-state index contributed by atoms with van der Waals surface area (Å²) in [5.41, 5.74) is 8.95. The number of ether oxygens (including phenoxy) is 1. The number of aromatic nitrogens is 2. The van der Waals surface area contributed by atoms with E-state index in [1.54, 1.807) is 13.3 Å². The normalized spacial score (nSPS) is 11.6. The van der Waals surface area contributed by atoms with Gasteiger partial charge in [-0.3, -0.25) is 5.10 Å². The van der Waals surface area contributed by atoms with E-state index in [0.717, 1.165) is 21.3 Å². The van der Waals surface area contributed by atoms with Gasteiger partial charge in [0.25, 0.3) is 0 Å². The Morgan fingerprint density at radius 2 is 1.95 bits per heavy atom. The minimum atomic E-state index is 0.0437. The molecule has 1 aromatic heterocycles. The quantitative estimate of drug-likeness (QED) is 0.885. The largest absolute Gasteiger partial charge is 0.495 e. The van der Waals surface area contributed by atoms with Gasteiger partial charge in [-0.05, 0) is 39.0 Å². The highest BCUT2D eigenvalue weighted by Crippen LogP contribution is 2.41. The van der Waals surface area contributed by atoms with Gasteiger partial charge in [0, 0.05) is 11.1 Å². The molecule has 0 atom stereocenters. The number of aromatic amines is 1. The number of nitrogen functional groups attached to an aromatic ring is 1. The van der Waals surface area contributed by atoms with Crippen LogP contribution in [-0.4, -0.2) is 17.3 Å². The van der Waals surface area contributed by atoms with Crippen LogP contribution in [0.2, 0.25) is 0 Å². The molecule has 19 heavy (non-hydrogen) atoms. The monoisotopic (exact) mass is 323 g/mol. The van der Waals surface area contributed by atoms with Gasteiger partial charge in [-0.2, -0.15) is 5.10 Å². The van der Waals surface area contributed by atoms with Gasteiger partial charge < -0.3 is 10.5 Å². The Hall–Kier alpha value is -1.49. The maximum absolute atomic E-state index is 5.92. The molecule has 0 fully saturated rings. The van der Waals surface area contributed by atoms with Crippen molar-refractivity contribution in [2.24, 2.45) is 0 Å². The molecule has 0 aliphatic heterocycles. The van der Waals surface area contributed by atoms with E-state index in [-0.39, 0.29) is 5.41 Å². The zero-order chi connectivity index (χ0) is 14.2. The minimum absolute atomic E-state index is 0.0437. The first-order valence-corrected chi connectivity index (χ1v) is 6.81. The molecular formula is C14H18BrN3O. The summed E-state index contributed by atoms with van der Waals surface area (Å²) in [4.78, 5) is 0. The lowest BCUT2D eigenvalue weighted by Gasteiger charge is -2.22. The topological polar surface area (TPSA) is 63.9 Å². The minimum Gasteiger partial charge on any atom is -0.495 e. The maximum atomic E-state index is 5.92. The highest BCUT2D eigenvalue weighted by molar-refractivity contribution is 9.10. The number of hydrogen-bond donors (Lipinski definition) is 2. The van der Waals surface area contributed by atoms with Crippen LogP contribution in [0.5, 0.6) is 5.75 Å². The first-order chi connectivity index (χ1) is 8.84. The van der Waals surface area contributed by atoms with E-state index < -0.39 is 0 Å². The van der Waals surface area contributed by atoms with Crippen molar-refractivity contribution >= 4 is 21.7 Å². The van der Waals surface area contributed by atoms with Crippen LogP contribution in [0.25, 0.3) is 11.1 Å². The number of benzene rings is 1. The number of rotatable bonds is 2. The Morgan fingerprint density at radius 1 is 1.26 bits per heavy atom. The molecule has 4 nitrogen and oxygen atoms in total. The van der Waals surface area contributed by atoms with Crippen molar-refractivity contribution in [3.8, 4) is 16.9 Å². The van der Waals surface area contributed by atoms with Crippen LogP contribution < -0.4 is 10.5 Å². The second kappa shape index (κ2) is 4.89. The number of H-pyrrole nitrogens is 1. The van der Waals surface area contributed by atoms with Crippen molar-refractivity contribution in [3.63, 3.8) is 0 Å². The molecule has 0 bridgehead atoms. The van der Waals surface area contributed by atoms with Crippen molar-refractivity contribution in [1.82, 2.24) is 10.2 Å². The lowest BCUT2D eigenvalue weighted by molar-refractivity contribution is 0.413. The van der Waals surface area contributed by atoms with Gasteiger partial charge in [0.05, 0.1) is 17.8 Å². The second-order valence-corrected chi connectivity index (χ2v) is 6.34. The van der Waals surface area contributed by atoms with Crippen LogP contribution in [-0.2, 0) is 5.41 Å². The van der Waals surface area contributed by atoms with Crippen LogP contribution >= 0.6 is 15.9 Å². The Morgan fingerprint density at radius 3 is 2.42 bits per heavy atom. The first kappa shape index (κ1) is 13.9. The van der Waals surface area contributed by atoms with E-state index in [1.165, 1.54) is 5.56 Å². The molecule has 0 saturated carbocycles. The van der Waals surface area contributed by atoms with Gasteiger partial charge in [-0.25, -0.2) is 0 Å². The SMILES string of the molecule is COc1c(Br)cc(C(C)(C)C)cc1-c1cn[nH]c1N. The molecule has 1 heterocycles. The van der Waals surface area contributed by atoms with E-state index in [1.807, 2.05) is 0 Å². The molecule has 3 N–H and O–H groups in total. The van der Waals surface area contributed by atoms with Crippen LogP contribution in [0, 0.1) is 0 Å². The van der Waals surface area contributed by atoms with Crippen molar-refractivity contribution in [1.29, 1.82) is 0 Å².